The highest BCUT2D eigenvalue weighted by molar-refractivity contribution is 7.94. The van der Waals surface area contributed by atoms with Crippen LogP contribution in [0, 0.1) is 0 Å². The van der Waals surface area contributed by atoms with Gasteiger partial charge < -0.3 is 9.84 Å². The molecule has 1 heterocycles. The van der Waals surface area contributed by atoms with Gasteiger partial charge >= 0.3 is 5.97 Å². The fraction of sp³-hybridized carbons (Fsp3) is 0.429. The Bertz CT molecular complexity index is 406. The zero-order chi connectivity index (χ0) is 10.8. The highest BCUT2D eigenvalue weighted by Gasteiger charge is 2.29. The van der Waals surface area contributed by atoms with Crippen LogP contribution in [0.5, 0.6) is 0 Å². The van der Waals surface area contributed by atoms with Gasteiger partial charge in [0.25, 0.3) is 10.0 Å². The van der Waals surface area contributed by atoms with E-state index < -0.39 is 16.0 Å². The van der Waals surface area contributed by atoms with Gasteiger partial charge in [0.15, 0.2) is 0 Å². The summed E-state index contributed by atoms with van der Waals surface area (Å²) in [6, 6.07) is 0. The first kappa shape index (κ1) is 10.9. The number of carboxylic acid groups (broad SMARTS) is 1. The number of carboxylic acids is 1. The Hall–Kier alpha value is -1.21. The van der Waals surface area contributed by atoms with Gasteiger partial charge in [0.1, 0.15) is 4.91 Å². The number of hydrogen-bond acceptors (Lipinski definition) is 4. The molecule has 0 aliphatic carbocycles. The molecule has 0 aromatic heterocycles. The first-order chi connectivity index (χ1) is 6.49. The molecule has 78 valence electrons. The largest absolute Gasteiger partial charge is 0.478 e. The van der Waals surface area contributed by atoms with Crippen molar-refractivity contribution in [2.75, 3.05) is 13.2 Å². The van der Waals surface area contributed by atoms with Crippen molar-refractivity contribution in [1.29, 1.82) is 0 Å². The molecule has 1 aliphatic heterocycles. The van der Waals surface area contributed by atoms with Gasteiger partial charge in [-0.05, 0) is 6.92 Å². The average Bonchev–Trinajstić information content (AvgIpc) is 2.38. The third kappa shape index (κ3) is 1.99. The monoisotopic (exact) mass is 219 g/mol. The second-order valence-electron chi connectivity index (χ2n) is 2.49. The van der Waals surface area contributed by atoms with Gasteiger partial charge in [-0.1, -0.05) is 0 Å². The maximum Gasteiger partial charge on any atom is 0.338 e. The van der Waals surface area contributed by atoms with Crippen molar-refractivity contribution in [3.63, 3.8) is 0 Å². The molecule has 0 amide bonds. The van der Waals surface area contributed by atoms with Crippen molar-refractivity contribution in [1.82, 2.24) is 0 Å². The summed E-state index contributed by atoms with van der Waals surface area (Å²) in [5.74, 6) is -1.32. The lowest BCUT2D eigenvalue weighted by molar-refractivity contribution is -0.132. The van der Waals surface area contributed by atoms with E-state index in [1.54, 1.807) is 6.92 Å². The van der Waals surface area contributed by atoms with Crippen LogP contribution in [-0.4, -0.2) is 38.9 Å². The molecule has 7 heteroatoms. The predicted octanol–water partition coefficient (Wildman–Crippen LogP) is -0.224. The summed E-state index contributed by atoms with van der Waals surface area (Å²) in [6.45, 7) is 1.75. The van der Waals surface area contributed by atoms with Crippen LogP contribution in [0.15, 0.2) is 14.9 Å². The van der Waals surface area contributed by atoms with Gasteiger partial charge in [-0.2, -0.15) is 12.8 Å². The van der Waals surface area contributed by atoms with E-state index in [0.717, 1.165) is 6.21 Å². The van der Waals surface area contributed by atoms with E-state index in [9.17, 15) is 13.2 Å². The smallest absolute Gasteiger partial charge is 0.338 e. The van der Waals surface area contributed by atoms with Crippen LogP contribution in [0.3, 0.4) is 0 Å². The number of hydrogen-bond donors (Lipinski definition) is 1. The molecule has 0 radical (unpaired) electrons. The number of carbonyl (C=O) groups is 1. The first-order valence-electron chi connectivity index (χ1n) is 3.83. The molecule has 0 saturated carbocycles. The number of rotatable bonds is 4. The summed E-state index contributed by atoms with van der Waals surface area (Å²) < 4.78 is 30.3. The lowest BCUT2D eigenvalue weighted by atomic mass is 10.3. The summed E-state index contributed by atoms with van der Waals surface area (Å²) >= 11 is 0. The molecular weight excluding hydrogens is 210 g/mol. The number of nitrogens with zero attached hydrogens (tertiary/aromatic N) is 1. The van der Waals surface area contributed by atoms with E-state index >= 15 is 0 Å². The molecule has 0 unspecified atom stereocenters. The van der Waals surface area contributed by atoms with Gasteiger partial charge in [-0.25, -0.2) is 4.79 Å². The van der Waals surface area contributed by atoms with Crippen molar-refractivity contribution in [2.45, 2.75) is 6.92 Å². The number of aliphatic carboxylic acids is 1. The van der Waals surface area contributed by atoms with E-state index in [1.165, 1.54) is 0 Å². The molecule has 0 bridgehead atoms. The Kier molecular flexibility index (Phi) is 3.02. The van der Waals surface area contributed by atoms with E-state index in [0.29, 0.717) is 6.61 Å². The Labute approximate surface area is 81.0 Å². The molecule has 1 aliphatic rings. The van der Waals surface area contributed by atoms with E-state index in [2.05, 4.69) is 4.40 Å². The predicted molar refractivity (Wildman–Crippen MR) is 48.6 cm³/mol. The summed E-state index contributed by atoms with van der Waals surface area (Å²) in [5.41, 5.74) is -0.321. The van der Waals surface area contributed by atoms with Crippen molar-refractivity contribution < 1.29 is 23.1 Å². The van der Waals surface area contributed by atoms with Crippen LogP contribution in [0.4, 0.5) is 0 Å². The Morgan fingerprint density at radius 2 is 2.29 bits per heavy atom. The fourth-order valence-corrected chi connectivity index (χ4v) is 1.94. The molecule has 1 rings (SSSR count). The molecule has 0 atom stereocenters. The molecule has 1 N–H and O–H groups in total. The van der Waals surface area contributed by atoms with Crippen molar-refractivity contribution in [3.8, 4) is 0 Å². The van der Waals surface area contributed by atoms with E-state index in [-0.39, 0.29) is 17.1 Å². The topological polar surface area (TPSA) is 93.0 Å². The summed E-state index contributed by atoms with van der Waals surface area (Å²) in [4.78, 5) is 10.3. The normalized spacial score (nSPS) is 18.9. The summed E-state index contributed by atoms with van der Waals surface area (Å²) in [5, 5.41) is 8.65. The Morgan fingerprint density at radius 1 is 1.64 bits per heavy atom. The summed E-state index contributed by atoms with van der Waals surface area (Å²) in [7, 11) is -3.81. The third-order valence-electron chi connectivity index (χ3n) is 1.60. The quantitative estimate of drug-likeness (QED) is 0.705. The SMILES string of the molecule is CCOCC1=C(C(=O)O)C=NS1(=O)=O. The van der Waals surface area contributed by atoms with Crippen LogP contribution in [0.25, 0.3) is 0 Å². The summed E-state index contributed by atoms with van der Waals surface area (Å²) in [6.07, 6.45) is 0.825. The molecule has 0 saturated heterocycles. The van der Waals surface area contributed by atoms with Gasteiger partial charge in [0, 0.05) is 6.61 Å². The van der Waals surface area contributed by atoms with Crippen LogP contribution in [0.1, 0.15) is 6.92 Å². The van der Waals surface area contributed by atoms with Crippen molar-refractivity contribution in [3.05, 3.63) is 10.5 Å². The van der Waals surface area contributed by atoms with Crippen LogP contribution in [-0.2, 0) is 19.6 Å². The first-order valence-corrected chi connectivity index (χ1v) is 5.27. The minimum Gasteiger partial charge on any atom is -0.478 e. The molecular formula is C7H9NO5S. The highest BCUT2D eigenvalue weighted by atomic mass is 32.2. The lowest BCUT2D eigenvalue weighted by Crippen LogP contribution is -2.10. The van der Waals surface area contributed by atoms with Gasteiger partial charge in [-0.3, -0.25) is 0 Å². The Balaban J connectivity index is 3.05. The van der Waals surface area contributed by atoms with E-state index in [4.69, 9.17) is 9.84 Å². The number of ether oxygens (including phenoxy) is 1. The third-order valence-corrected chi connectivity index (χ3v) is 2.94. The number of sulfonamides is 1. The average molecular weight is 219 g/mol. The minimum atomic E-state index is -3.81. The van der Waals surface area contributed by atoms with Crippen LogP contribution >= 0.6 is 0 Å². The maximum atomic E-state index is 11.2. The zero-order valence-corrected chi connectivity index (χ0v) is 8.24. The molecule has 6 nitrogen and oxygen atoms in total. The highest BCUT2D eigenvalue weighted by Crippen LogP contribution is 2.20. The van der Waals surface area contributed by atoms with Crippen LogP contribution in [0.2, 0.25) is 0 Å². The molecule has 0 fully saturated rings. The fourth-order valence-electron chi connectivity index (χ4n) is 0.918. The minimum absolute atomic E-state index is 0.250. The van der Waals surface area contributed by atoms with Gasteiger partial charge in [-0.15, -0.1) is 0 Å². The maximum absolute atomic E-state index is 11.2. The molecule has 0 aromatic rings. The van der Waals surface area contributed by atoms with Crippen LogP contribution < -0.4 is 0 Å². The van der Waals surface area contributed by atoms with Crippen molar-refractivity contribution in [2.24, 2.45) is 4.40 Å². The second kappa shape index (κ2) is 3.89. The molecule has 14 heavy (non-hydrogen) atoms. The standard InChI is InChI=1S/C7H9NO5S/c1-2-13-4-6-5(7(9)10)3-8-14(6,11)12/h3H,2,4H2,1H3,(H,9,10). The van der Waals surface area contributed by atoms with Gasteiger partial charge in [0.2, 0.25) is 0 Å². The zero-order valence-electron chi connectivity index (χ0n) is 7.43. The molecule has 0 aromatic carbocycles. The second-order valence-corrected chi connectivity index (χ2v) is 4.14. The Morgan fingerprint density at radius 3 is 2.79 bits per heavy atom. The van der Waals surface area contributed by atoms with E-state index in [1.807, 2.05) is 0 Å². The van der Waals surface area contributed by atoms with Crippen molar-refractivity contribution >= 4 is 22.2 Å². The van der Waals surface area contributed by atoms with Gasteiger partial charge in [0.05, 0.1) is 18.4 Å². The molecule has 0 spiro atoms. The lowest BCUT2D eigenvalue weighted by Gasteiger charge is -2.02.